The van der Waals surface area contributed by atoms with Crippen LogP contribution < -0.4 is 0 Å². The highest BCUT2D eigenvalue weighted by atomic mass is 16.4. The average Bonchev–Trinajstić information content (AvgIpc) is 2.59. The van der Waals surface area contributed by atoms with Crippen molar-refractivity contribution in [2.24, 2.45) is 11.8 Å². The van der Waals surface area contributed by atoms with Gasteiger partial charge in [-0.15, -0.1) is 0 Å². The number of carbonyl (C=O) groups is 2. The van der Waals surface area contributed by atoms with Crippen molar-refractivity contribution >= 4 is 12.0 Å². The molecule has 0 bridgehead atoms. The summed E-state index contributed by atoms with van der Waals surface area (Å²) in [5.74, 6) is -0.552. The van der Waals surface area contributed by atoms with Gasteiger partial charge in [0.15, 0.2) is 0 Å². The van der Waals surface area contributed by atoms with Gasteiger partial charge in [-0.3, -0.25) is 4.79 Å². The van der Waals surface area contributed by atoms with E-state index in [1.54, 1.807) is 4.90 Å². The average molecular weight is 341 g/mol. The first-order chi connectivity index (χ1) is 12.1. The Morgan fingerprint density at radius 2 is 1.80 bits per heavy atom. The number of carboxylic acids is 1. The molecule has 2 fully saturated rings. The number of nitrogens with zero attached hydrogens (tertiary/aromatic N) is 3. The lowest BCUT2D eigenvalue weighted by atomic mass is 9.78. The van der Waals surface area contributed by atoms with Crippen LogP contribution in [0.2, 0.25) is 0 Å². The molecular formula is C19H23N3O3. The number of nitriles is 1. The number of amides is 2. The van der Waals surface area contributed by atoms with Gasteiger partial charge in [0.25, 0.3) is 0 Å². The Labute approximate surface area is 147 Å². The first kappa shape index (κ1) is 17.3. The number of aliphatic carboxylic acids is 1. The monoisotopic (exact) mass is 341 g/mol. The third-order valence-corrected chi connectivity index (χ3v) is 5.34. The molecule has 6 heteroatoms. The van der Waals surface area contributed by atoms with Gasteiger partial charge in [-0.25, -0.2) is 4.79 Å². The molecule has 2 aliphatic heterocycles. The van der Waals surface area contributed by atoms with Crippen molar-refractivity contribution < 1.29 is 14.7 Å². The summed E-state index contributed by atoms with van der Waals surface area (Å²) in [6.07, 6.45) is 1.75. The second kappa shape index (κ2) is 7.56. The number of carboxylic acid groups (broad SMARTS) is 1. The smallest absolute Gasteiger partial charge is 0.320 e. The van der Waals surface area contributed by atoms with Crippen LogP contribution >= 0.6 is 0 Å². The molecule has 1 aromatic rings. The number of likely N-dealkylation sites (tertiary alicyclic amines) is 2. The van der Waals surface area contributed by atoms with Gasteiger partial charge in [0.2, 0.25) is 0 Å². The highest BCUT2D eigenvalue weighted by molar-refractivity contribution is 5.75. The summed E-state index contributed by atoms with van der Waals surface area (Å²) in [4.78, 5) is 27.3. The summed E-state index contributed by atoms with van der Waals surface area (Å²) in [7, 11) is 0. The Balaban J connectivity index is 1.59. The van der Waals surface area contributed by atoms with Crippen molar-refractivity contribution in [1.82, 2.24) is 9.80 Å². The number of hydrogen-bond donors (Lipinski definition) is 1. The van der Waals surface area contributed by atoms with Crippen molar-refractivity contribution in [3.63, 3.8) is 0 Å². The summed E-state index contributed by atoms with van der Waals surface area (Å²) in [5, 5.41) is 18.1. The summed E-state index contributed by atoms with van der Waals surface area (Å²) in [5.41, 5.74) is 1.06. The Morgan fingerprint density at radius 3 is 2.36 bits per heavy atom. The molecule has 0 aliphatic carbocycles. The maximum atomic E-state index is 12.4. The molecule has 2 aliphatic rings. The maximum Gasteiger partial charge on any atom is 0.320 e. The lowest BCUT2D eigenvalue weighted by molar-refractivity contribution is -0.137. The van der Waals surface area contributed by atoms with Crippen LogP contribution in [0.1, 0.15) is 30.7 Å². The second-order valence-electron chi connectivity index (χ2n) is 6.95. The molecule has 6 nitrogen and oxygen atoms in total. The van der Waals surface area contributed by atoms with Crippen molar-refractivity contribution in [3.05, 3.63) is 35.9 Å². The van der Waals surface area contributed by atoms with Crippen LogP contribution in [0.5, 0.6) is 0 Å². The zero-order chi connectivity index (χ0) is 17.8. The fourth-order valence-electron chi connectivity index (χ4n) is 3.85. The largest absolute Gasteiger partial charge is 0.481 e. The molecule has 132 valence electrons. The van der Waals surface area contributed by atoms with Crippen LogP contribution in [-0.4, -0.2) is 53.1 Å². The van der Waals surface area contributed by atoms with Crippen molar-refractivity contribution in [3.8, 4) is 6.07 Å². The Morgan fingerprint density at radius 1 is 1.16 bits per heavy atom. The second-order valence-corrected chi connectivity index (χ2v) is 6.95. The minimum absolute atomic E-state index is 0.0112. The van der Waals surface area contributed by atoms with E-state index in [2.05, 4.69) is 6.07 Å². The number of benzene rings is 1. The van der Waals surface area contributed by atoms with E-state index >= 15 is 0 Å². The summed E-state index contributed by atoms with van der Waals surface area (Å²) in [6, 6.07) is 12.0. The number of piperidine rings is 1. The van der Waals surface area contributed by atoms with Crippen molar-refractivity contribution in [2.75, 3.05) is 26.2 Å². The van der Waals surface area contributed by atoms with Gasteiger partial charge in [-0.05, 0) is 30.2 Å². The molecule has 2 amide bonds. The predicted molar refractivity (Wildman–Crippen MR) is 91.8 cm³/mol. The normalized spacial score (nSPS) is 19.8. The van der Waals surface area contributed by atoms with E-state index in [9.17, 15) is 14.7 Å². The molecule has 3 rings (SSSR count). The molecule has 2 heterocycles. The Kier molecular flexibility index (Phi) is 5.22. The fraction of sp³-hybridized carbons (Fsp3) is 0.526. The minimum Gasteiger partial charge on any atom is -0.481 e. The standard InChI is InChI=1S/C19H23N3O3/c20-11-14-12-22(13-14)19(25)21-8-6-16(7-9-21)17(10-18(23)24)15-4-2-1-3-5-15/h1-5,14,16-17H,6-10,12-13H2,(H,23,24). The first-order valence-corrected chi connectivity index (χ1v) is 8.78. The lowest BCUT2D eigenvalue weighted by Gasteiger charge is -2.42. The zero-order valence-corrected chi connectivity index (χ0v) is 14.2. The van der Waals surface area contributed by atoms with Gasteiger partial charge in [0, 0.05) is 26.2 Å². The number of urea groups is 1. The molecule has 0 radical (unpaired) electrons. The summed E-state index contributed by atoms with van der Waals surface area (Å²) in [6.45, 7) is 2.36. The highest BCUT2D eigenvalue weighted by Crippen LogP contribution is 2.35. The van der Waals surface area contributed by atoms with Crippen molar-refractivity contribution in [1.29, 1.82) is 5.26 Å². The van der Waals surface area contributed by atoms with E-state index in [0.29, 0.717) is 26.2 Å². The van der Waals surface area contributed by atoms with E-state index in [4.69, 9.17) is 5.26 Å². The molecule has 0 spiro atoms. The van der Waals surface area contributed by atoms with E-state index in [1.807, 2.05) is 35.2 Å². The van der Waals surface area contributed by atoms with Crippen LogP contribution in [0.25, 0.3) is 0 Å². The Hall–Kier alpha value is -2.55. The fourth-order valence-corrected chi connectivity index (χ4v) is 3.85. The van der Waals surface area contributed by atoms with Crippen LogP contribution in [0.3, 0.4) is 0 Å². The number of hydrogen-bond acceptors (Lipinski definition) is 3. The predicted octanol–water partition coefficient (Wildman–Crippen LogP) is 2.53. The van der Waals surface area contributed by atoms with Gasteiger partial charge in [0.05, 0.1) is 18.4 Å². The van der Waals surface area contributed by atoms with Crippen molar-refractivity contribution in [2.45, 2.75) is 25.2 Å². The lowest BCUT2D eigenvalue weighted by Crippen LogP contribution is -2.55. The molecule has 0 saturated carbocycles. The molecule has 1 aromatic carbocycles. The van der Waals surface area contributed by atoms with Gasteiger partial charge in [-0.2, -0.15) is 5.26 Å². The number of carbonyl (C=O) groups excluding carboxylic acids is 1. The van der Waals surface area contributed by atoms with Crippen LogP contribution in [0.15, 0.2) is 30.3 Å². The van der Waals surface area contributed by atoms with Gasteiger partial charge in [-0.1, -0.05) is 30.3 Å². The summed E-state index contributed by atoms with van der Waals surface area (Å²) >= 11 is 0. The third-order valence-electron chi connectivity index (χ3n) is 5.34. The summed E-state index contributed by atoms with van der Waals surface area (Å²) < 4.78 is 0. The SMILES string of the molecule is N#CC1CN(C(=O)N2CCC(C(CC(=O)O)c3ccccc3)CC2)C1. The van der Waals surface area contributed by atoms with Crippen LogP contribution in [-0.2, 0) is 4.79 Å². The molecule has 1 N–H and O–H groups in total. The van der Waals surface area contributed by atoms with E-state index in [0.717, 1.165) is 18.4 Å². The van der Waals surface area contributed by atoms with E-state index in [-0.39, 0.29) is 30.2 Å². The molecule has 25 heavy (non-hydrogen) atoms. The van der Waals surface area contributed by atoms with E-state index < -0.39 is 5.97 Å². The zero-order valence-electron chi connectivity index (χ0n) is 14.2. The minimum atomic E-state index is -0.782. The molecular weight excluding hydrogens is 318 g/mol. The van der Waals surface area contributed by atoms with Crippen LogP contribution in [0.4, 0.5) is 4.79 Å². The van der Waals surface area contributed by atoms with Gasteiger partial charge >= 0.3 is 12.0 Å². The van der Waals surface area contributed by atoms with E-state index in [1.165, 1.54) is 0 Å². The first-order valence-electron chi connectivity index (χ1n) is 8.78. The topological polar surface area (TPSA) is 84.6 Å². The molecule has 1 unspecified atom stereocenters. The van der Waals surface area contributed by atoms with Gasteiger partial charge in [0.1, 0.15) is 0 Å². The third kappa shape index (κ3) is 3.93. The van der Waals surface area contributed by atoms with Gasteiger partial charge < -0.3 is 14.9 Å². The Bertz CT molecular complexity index is 656. The highest BCUT2D eigenvalue weighted by Gasteiger charge is 2.36. The maximum absolute atomic E-state index is 12.4. The molecule has 1 atom stereocenters. The molecule has 0 aromatic heterocycles. The van der Waals surface area contributed by atoms with Crippen LogP contribution in [0, 0.1) is 23.2 Å². The number of rotatable bonds is 4. The quantitative estimate of drug-likeness (QED) is 0.912. The molecule has 2 saturated heterocycles.